The monoisotopic (exact) mass is 498 g/mol. The van der Waals surface area contributed by atoms with E-state index >= 15 is 0 Å². The Morgan fingerprint density at radius 1 is 0.658 bits per heavy atom. The van der Waals surface area contributed by atoms with Crippen LogP contribution in [0.4, 0.5) is 4.39 Å². The Bertz CT molecular complexity index is 1480. The number of aryl methyl sites for hydroxylation is 2. The van der Waals surface area contributed by atoms with E-state index < -0.39 is 0 Å². The van der Waals surface area contributed by atoms with Crippen molar-refractivity contribution in [3.63, 3.8) is 0 Å². The molecule has 0 spiro atoms. The Labute approximate surface area is 227 Å². The third kappa shape index (κ3) is 7.71. The van der Waals surface area contributed by atoms with Crippen molar-refractivity contribution < 1.29 is 4.39 Å². The number of unbranched alkanes of at least 4 members (excludes halogenated alkanes) is 4. The molecule has 0 bridgehead atoms. The van der Waals surface area contributed by atoms with Gasteiger partial charge in [-0.25, -0.2) is 4.39 Å². The van der Waals surface area contributed by atoms with E-state index in [-0.39, 0.29) is 5.82 Å². The van der Waals surface area contributed by atoms with E-state index in [4.69, 9.17) is 0 Å². The standard InChI is InChI=1S/C37H35F/c1-3-5-7-8-9-10-29-12-14-30(15-13-29)16-17-31-18-20-32(21-19-31)22-23-33-24-27-36-35(28-33)26-25-34(37(36)38)11-6-4-2/h4,12-15,18-21,24-28H,2-3,5-11H2,1H3. The number of hydrogen-bond acceptors (Lipinski definition) is 0. The number of allylic oxidation sites excluding steroid dienone is 1. The van der Waals surface area contributed by atoms with Crippen LogP contribution in [0.3, 0.4) is 0 Å². The summed E-state index contributed by atoms with van der Waals surface area (Å²) in [7, 11) is 0. The highest BCUT2D eigenvalue weighted by Crippen LogP contribution is 2.23. The lowest BCUT2D eigenvalue weighted by Crippen LogP contribution is -1.92. The van der Waals surface area contributed by atoms with Gasteiger partial charge in [-0.05, 0) is 90.7 Å². The molecule has 0 saturated carbocycles. The van der Waals surface area contributed by atoms with Crippen molar-refractivity contribution in [2.45, 2.75) is 58.3 Å². The van der Waals surface area contributed by atoms with Crippen molar-refractivity contribution in [1.29, 1.82) is 0 Å². The van der Waals surface area contributed by atoms with Crippen LogP contribution in [0.25, 0.3) is 10.8 Å². The summed E-state index contributed by atoms with van der Waals surface area (Å²) in [6, 6.07) is 26.1. The third-order valence-electron chi connectivity index (χ3n) is 6.76. The zero-order chi connectivity index (χ0) is 26.6. The Morgan fingerprint density at radius 2 is 1.24 bits per heavy atom. The second kappa shape index (κ2) is 14.0. The van der Waals surface area contributed by atoms with Gasteiger partial charge in [0.2, 0.25) is 0 Å². The van der Waals surface area contributed by atoms with E-state index in [9.17, 15) is 4.39 Å². The molecule has 0 amide bonds. The van der Waals surface area contributed by atoms with Crippen molar-refractivity contribution in [3.8, 4) is 23.7 Å². The molecular formula is C37H35F. The first-order chi connectivity index (χ1) is 18.7. The summed E-state index contributed by atoms with van der Waals surface area (Å²) in [4.78, 5) is 0. The molecular weight excluding hydrogens is 463 g/mol. The average molecular weight is 499 g/mol. The van der Waals surface area contributed by atoms with Gasteiger partial charge in [-0.1, -0.05) is 92.7 Å². The van der Waals surface area contributed by atoms with Crippen molar-refractivity contribution in [2.75, 3.05) is 0 Å². The molecule has 4 aromatic rings. The first-order valence-electron chi connectivity index (χ1n) is 13.7. The molecule has 0 aliphatic carbocycles. The lowest BCUT2D eigenvalue weighted by Gasteiger charge is -2.06. The molecule has 0 heterocycles. The van der Waals surface area contributed by atoms with Crippen LogP contribution >= 0.6 is 0 Å². The highest BCUT2D eigenvalue weighted by molar-refractivity contribution is 5.85. The van der Waals surface area contributed by atoms with Crippen LogP contribution in [0.5, 0.6) is 0 Å². The van der Waals surface area contributed by atoms with Crippen LogP contribution in [-0.4, -0.2) is 0 Å². The Morgan fingerprint density at radius 3 is 1.87 bits per heavy atom. The average Bonchev–Trinajstić information content (AvgIpc) is 2.96. The highest BCUT2D eigenvalue weighted by atomic mass is 19.1. The second-order valence-electron chi connectivity index (χ2n) is 9.74. The first-order valence-corrected chi connectivity index (χ1v) is 13.7. The van der Waals surface area contributed by atoms with E-state index in [1.807, 2.05) is 60.7 Å². The molecule has 38 heavy (non-hydrogen) atoms. The van der Waals surface area contributed by atoms with Crippen LogP contribution in [0.15, 0.2) is 91.5 Å². The second-order valence-corrected chi connectivity index (χ2v) is 9.74. The molecule has 4 aromatic carbocycles. The number of fused-ring (bicyclic) bond motifs is 1. The fourth-order valence-electron chi connectivity index (χ4n) is 4.48. The molecule has 0 saturated heterocycles. The third-order valence-corrected chi connectivity index (χ3v) is 6.76. The molecule has 4 rings (SSSR count). The molecule has 0 radical (unpaired) electrons. The zero-order valence-electron chi connectivity index (χ0n) is 22.3. The zero-order valence-corrected chi connectivity index (χ0v) is 22.3. The minimum Gasteiger partial charge on any atom is -0.206 e. The molecule has 1 heteroatoms. The maximum absolute atomic E-state index is 14.8. The fraction of sp³-hybridized carbons (Fsp3) is 0.243. The smallest absolute Gasteiger partial charge is 0.134 e. The molecule has 0 aliphatic heterocycles. The van der Waals surface area contributed by atoms with Crippen molar-refractivity contribution in [3.05, 3.63) is 131 Å². The molecule has 0 nitrogen and oxygen atoms in total. The fourth-order valence-corrected chi connectivity index (χ4v) is 4.48. The Hall–Kier alpha value is -4.07. The summed E-state index contributed by atoms with van der Waals surface area (Å²) in [5.74, 6) is 12.8. The summed E-state index contributed by atoms with van der Waals surface area (Å²) in [5, 5.41) is 1.50. The molecule has 0 atom stereocenters. The van der Waals surface area contributed by atoms with Crippen LogP contribution in [-0.2, 0) is 12.8 Å². The van der Waals surface area contributed by atoms with Gasteiger partial charge in [0.1, 0.15) is 5.82 Å². The minimum atomic E-state index is -0.144. The molecule has 0 fully saturated rings. The summed E-state index contributed by atoms with van der Waals surface area (Å²) in [6.45, 7) is 5.97. The van der Waals surface area contributed by atoms with Gasteiger partial charge < -0.3 is 0 Å². The maximum Gasteiger partial charge on any atom is 0.134 e. The van der Waals surface area contributed by atoms with Crippen LogP contribution in [0, 0.1) is 29.5 Å². The lowest BCUT2D eigenvalue weighted by atomic mass is 10.0. The van der Waals surface area contributed by atoms with Crippen LogP contribution < -0.4 is 0 Å². The largest absolute Gasteiger partial charge is 0.206 e. The van der Waals surface area contributed by atoms with E-state index in [0.29, 0.717) is 11.8 Å². The van der Waals surface area contributed by atoms with Gasteiger partial charge >= 0.3 is 0 Å². The van der Waals surface area contributed by atoms with Gasteiger partial charge in [-0.15, -0.1) is 6.58 Å². The van der Waals surface area contributed by atoms with Gasteiger partial charge in [-0.2, -0.15) is 0 Å². The van der Waals surface area contributed by atoms with E-state index in [1.54, 1.807) is 0 Å². The van der Waals surface area contributed by atoms with Gasteiger partial charge in [0, 0.05) is 27.6 Å². The number of hydrogen-bond donors (Lipinski definition) is 0. The van der Waals surface area contributed by atoms with E-state index in [2.05, 4.69) is 61.4 Å². The van der Waals surface area contributed by atoms with Crippen LogP contribution in [0.2, 0.25) is 0 Å². The van der Waals surface area contributed by atoms with Gasteiger partial charge in [0.05, 0.1) is 0 Å². The minimum absolute atomic E-state index is 0.144. The molecule has 190 valence electrons. The van der Waals surface area contributed by atoms with Gasteiger partial charge in [0.25, 0.3) is 0 Å². The SMILES string of the molecule is C=CCCc1ccc2cc(C#Cc3ccc(C#Cc4ccc(CCCCCCC)cc4)cc3)ccc2c1F. The number of benzene rings is 4. The Balaban J connectivity index is 1.36. The summed E-state index contributed by atoms with van der Waals surface area (Å²) >= 11 is 0. The summed E-state index contributed by atoms with van der Waals surface area (Å²) in [6.07, 6.45) is 10.9. The van der Waals surface area contributed by atoms with E-state index in [1.165, 1.54) is 37.7 Å². The normalized spacial score (nSPS) is 10.4. The number of halogens is 1. The quantitative estimate of drug-likeness (QED) is 0.122. The molecule has 0 N–H and O–H groups in total. The van der Waals surface area contributed by atoms with Crippen LogP contribution in [0.1, 0.15) is 78.8 Å². The van der Waals surface area contributed by atoms with Crippen molar-refractivity contribution >= 4 is 10.8 Å². The Kier molecular flexibility index (Phi) is 9.96. The van der Waals surface area contributed by atoms with Gasteiger partial charge in [0.15, 0.2) is 0 Å². The summed E-state index contributed by atoms with van der Waals surface area (Å²) < 4.78 is 14.8. The number of rotatable bonds is 9. The molecule has 0 unspecified atom stereocenters. The summed E-state index contributed by atoms with van der Waals surface area (Å²) in [5.41, 5.74) is 5.89. The van der Waals surface area contributed by atoms with Gasteiger partial charge in [-0.3, -0.25) is 0 Å². The predicted molar refractivity (Wildman–Crippen MR) is 160 cm³/mol. The molecule has 0 aliphatic rings. The first kappa shape index (κ1) is 27.0. The topological polar surface area (TPSA) is 0 Å². The maximum atomic E-state index is 14.8. The lowest BCUT2D eigenvalue weighted by molar-refractivity contribution is 0.621. The molecule has 0 aromatic heterocycles. The van der Waals surface area contributed by atoms with Crippen molar-refractivity contribution in [1.82, 2.24) is 0 Å². The van der Waals surface area contributed by atoms with E-state index in [0.717, 1.165) is 46.0 Å². The highest BCUT2D eigenvalue weighted by Gasteiger charge is 2.07. The van der Waals surface area contributed by atoms with Crippen molar-refractivity contribution in [2.24, 2.45) is 0 Å². The predicted octanol–water partition coefficient (Wildman–Crippen LogP) is 9.41.